The second-order valence-electron chi connectivity index (χ2n) is 5.53. The molecule has 1 atom stereocenters. The van der Waals surface area contributed by atoms with Crippen molar-refractivity contribution in [2.75, 3.05) is 11.1 Å². The van der Waals surface area contributed by atoms with Crippen LogP contribution in [0.15, 0.2) is 42.6 Å². The normalized spacial score (nSPS) is 12.3. The molecule has 0 fully saturated rings. The van der Waals surface area contributed by atoms with Crippen LogP contribution in [0.25, 0.3) is 10.9 Å². The van der Waals surface area contributed by atoms with Gasteiger partial charge in [-0.25, -0.2) is 0 Å². The van der Waals surface area contributed by atoms with Crippen molar-refractivity contribution in [2.45, 2.75) is 19.9 Å². The van der Waals surface area contributed by atoms with Gasteiger partial charge in [-0.2, -0.15) is 5.10 Å². The first kappa shape index (κ1) is 15.4. The number of hydrogen-bond donors (Lipinski definition) is 2. The summed E-state index contributed by atoms with van der Waals surface area (Å²) in [5.74, 6) is -0.164. The monoisotopic (exact) mass is 328 g/mol. The van der Waals surface area contributed by atoms with E-state index in [1.807, 2.05) is 31.2 Å². The molecule has 3 rings (SSSR count). The highest BCUT2D eigenvalue weighted by molar-refractivity contribution is 6.31. The number of nitrogens with two attached hydrogens (primary N) is 1. The summed E-state index contributed by atoms with van der Waals surface area (Å²) < 4.78 is 1.67. The topological polar surface area (TPSA) is 72.9 Å². The average molecular weight is 329 g/mol. The van der Waals surface area contributed by atoms with Crippen LogP contribution in [0.5, 0.6) is 0 Å². The van der Waals surface area contributed by atoms with Crippen LogP contribution in [0.3, 0.4) is 0 Å². The number of nitrogen functional groups attached to an aromatic ring is 1. The van der Waals surface area contributed by atoms with Gasteiger partial charge in [0.05, 0.1) is 11.7 Å². The SMILES string of the molecule is Cc1ccc(Cl)cc1NC(=O)C(C)n1ncc2ccc(N)cc21. The van der Waals surface area contributed by atoms with Gasteiger partial charge in [-0.15, -0.1) is 0 Å². The number of carbonyl (C=O) groups is 1. The maximum absolute atomic E-state index is 12.6. The Hall–Kier alpha value is -2.53. The first-order chi connectivity index (χ1) is 11.0. The summed E-state index contributed by atoms with van der Waals surface area (Å²) in [5.41, 5.74) is 8.95. The van der Waals surface area contributed by atoms with Gasteiger partial charge in [0.15, 0.2) is 0 Å². The summed E-state index contributed by atoms with van der Waals surface area (Å²) in [5, 5.41) is 8.74. The van der Waals surface area contributed by atoms with Crippen molar-refractivity contribution >= 4 is 39.8 Å². The first-order valence-corrected chi connectivity index (χ1v) is 7.63. The molecule has 0 bridgehead atoms. The number of fused-ring (bicyclic) bond motifs is 1. The van der Waals surface area contributed by atoms with Gasteiger partial charge in [-0.1, -0.05) is 17.7 Å². The van der Waals surface area contributed by atoms with Crippen LogP contribution in [-0.2, 0) is 4.79 Å². The molecule has 0 aliphatic rings. The van der Waals surface area contributed by atoms with Crippen molar-refractivity contribution in [1.82, 2.24) is 9.78 Å². The molecule has 118 valence electrons. The van der Waals surface area contributed by atoms with Gasteiger partial charge in [-0.3, -0.25) is 9.48 Å². The number of halogens is 1. The van der Waals surface area contributed by atoms with Crippen LogP contribution in [0.1, 0.15) is 18.5 Å². The lowest BCUT2D eigenvalue weighted by Crippen LogP contribution is -2.24. The first-order valence-electron chi connectivity index (χ1n) is 7.25. The van der Waals surface area contributed by atoms with Crippen molar-refractivity contribution in [2.24, 2.45) is 0 Å². The Labute approximate surface area is 139 Å². The predicted octanol–water partition coefficient (Wildman–Crippen LogP) is 3.78. The van der Waals surface area contributed by atoms with E-state index in [1.165, 1.54) is 0 Å². The molecule has 0 saturated carbocycles. The highest BCUT2D eigenvalue weighted by Crippen LogP contribution is 2.24. The van der Waals surface area contributed by atoms with E-state index >= 15 is 0 Å². The Morgan fingerprint density at radius 2 is 2.09 bits per heavy atom. The van der Waals surface area contributed by atoms with E-state index in [4.69, 9.17) is 17.3 Å². The van der Waals surface area contributed by atoms with Crippen LogP contribution in [0.2, 0.25) is 5.02 Å². The van der Waals surface area contributed by atoms with Gasteiger partial charge in [0.1, 0.15) is 6.04 Å². The number of aryl methyl sites for hydroxylation is 1. The maximum Gasteiger partial charge on any atom is 0.248 e. The summed E-state index contributed by atoms with van der Waals surface area (Å²) in [4.78, 5) is 12.6. The summed E-state index contributed by atoms with van der Waals surface area (Å²) in [6, 6.07) is 10.4. The van der Waals surface area contributed by atoms with E-state index in [1.54, 1.807) is 29.9 Å². The molecular weight excluding hydrogens is 312 g/mol. The molecule has 3 aromatic rings. The minimum Gasteiger partial charge on any atom is -0.399 e. The van der Waals surface area contributed by atoms with E-state index in [-0.39, 0.29) is 5.91 Å². The van der Waals surface area contributed by atoms with Crippen LogP contribution in [0, 0.1) is 6.92 Å². The minimum atomic E-state index is -0.479. The second-order valence-corrected chi connectivity index (χ2v) is 5.97. The molecule has 1 amide bonds. The van der Waals surface area contributed by atoms with Gasteiger partial charge >= 0.3 is 0 Å². The van der Waals surface area contributed by atoms with Gasteiger partial charge in [0.2, 0.25) is 5.91 Å². The van der Waals surface area contributed by atoms with E-state index in [0.29, 0.717) is 16.4 Å². The van der Waals surface area contributed by atoms with Gasteiger partial charge in [0, 0.05) is 21.8 Å². The smallest absolute Gasteiger partial charge is 0.248 e. The Bertz CT molecular complexity index is 887. The molecule has 1 aromatic heterocycles. The Morgan fingerprint density at radius 3 is 2.87 bits per heavy atom. The Morgan fingerprint density at radius 1 is 1.30 bits per heavy atom. The summed E-state index contributed by atoms with van der Waals surface area (Å²) in [7, 11) is 0. The molecule has 0 aliphatic carbocycles. The molecule has 0 saturated heterocycles. The average Bonchev–Trinajstić information content (AvgIpc) is 2.93. The molecule has 3 N–H and O–H groups in total. The maximum atomic E-state index is 12.6. The fourth-order valence-electron chi connectivity index (χ4n) is 2.44. The molecule has 0 radical (unpaired) electrons. The molecule has 6 heteroatoms. The zero-order chi connectivity index (χ0) is 16.6. The third kappa shape index (κ3) is 3.00. The van der Waals surface area contributed by atoms with Crippen molar-refractivity contribution in [1.29, 1.82) is 0 Å². The van der Waals surface area contributed by atoms with Crippen molar-refractivity contribution in [3.05, 3.63) is 53.2 Å². The highest BCUT2D eigenvalue weighted by atomic mass is 35.5. The lowest BCUT2D eigenvalue weighted by Gasteiger charge is -2.15. The predicted molar refractivity (Wildman–Crippen MR) is 93.7 cm³/mol. The van der Waals surface area contributed by atoms with Crippen molar-refractivity contribution < 1.29 is 4.79 Å². The summed E-state index contributed by atoms with van der Waals surface area (Å²) >= 11 is 5.99. The lowest BCUT2D eigenvalue weighted by molar-refractivity contribution is -0.119. The number of nitrogens with zero attached hydrogens (tertiary/aromatic N) is 2. The fourth-order valence-corrected chi connectivity index (χ4v) is 2.61. The fraction of sp³-hybridized carbons (Fsp3) is 0.176. The molecule has 5 nitrogen and oxygen atoms in total. The zero-order valence-corrected chi connectivity index (χ0v) is 13.6. The Balaban J connectivity index is 1.89. The number of carbonyl (C=O) groups excluding carboxylic acids is 1. The number of amides is 1. The number of benzene rings is 2. The molecule has 1 heterocycles. The summed E-state index contributed by atoms with van der Waals surface area (Å²) in [6.45, 7) is 3.71. The molecule has 2 aromatic carbocycles. The van der Waals surface area contributed by atoms with Crippen molar-refractivity contribution in [3.8, 4) is 0 Å². The third-order valence-corrected chi connectivity index (χ3v) is 4.06. The summed E-state index contributed by atoms with van der Waals surface area (Å²) in [6.07, 6.45) is 1.73. The number of nitrogens with one attached hydrogen (secondary N) is 1. The van der Waals surface area contributed by atoms with Gasteiger partial charge in [-0.05, 0) is 49.7 Å². The molecular formula is C17H17ClN4O. The van der Waals surface area contributed by atoms with Crippen LogP contribution < -0.4 is 11.1 Å². The van der Waals surface area contributed by atoms with E-state index in [0.717, 1.165) is 16.5 Å². The lowest BCUT2D eigenvalue weighted by atomic mass is 10.2. The highest BCUT2D eigenvalue weighted by Gasteiger charge is 2.19. The molecule has 0 aliphatic heterocycles. The molecule has 0 spiro atoms. The largest absolute Gasteiger partial charge is 0.399 e. The number of aromatic nitrogens is 2. The van der Waals surface area contributed by atoms with Crippen molar-refractivity contribution in [3.63, 3.8) is 0 Å². The quantitative estimate of drug-likeness (QED) is 0.719. The standard InChI is InChI=1S/C17H17ClN4O/c1-10-3-5-13(18)7-15(10)21-17(23)11(2)22-16-8-14(19)6-4-12(16)9-20-22/h3-9,11H,19H2,1-2H3,(H,21,23). The molecule has 1 unspecified atom stereocenters. The van der Waals surface area contributed by atoms with Crippen LogP contribution in [0.4, 0.5) is 11.4 Å². The number of anilines is 2. The molecule has 23 heavy (non-hydrogen) atoms. The number of hydrogen-bond acceptors (Lipinski definition) is 3. The van der Waals surface area contributed by atoms with E-state index in [2.05, 4.69) is 10.4 Å². The van der Waals surface area contributed by atoms with E-state index < -0.39 is 6.04 Å². The van der Waals surface area contributed by atoms with Crippen LogP contribution in [-0.4, -0.2) is 15.7 Å². The third-order valence-electron chi connectivity index (χ3n) is 3.83. The number of rotatable bonds is 3. The second kappa shape index (κ2) is 5.93. The zero-order valence-electron chi connectivity index (χ0n) is 12.9. The van der Waals surface area contributed by atoms with Gasteiger partial charge in [0.25, 0.3) is 0 Å². The van der Waals surface area contributed by atoms with Gasteiger partial charge < -0.3 is 11.1 Å². The van der Waals surface area contributed by atoms with E-state index in [9.17, 15) is 4.79 Å². The van der Waals surface area contributed by atoms with Crippen LogP contribution >= 0.6 is 11.6 Å². The Kier molecular flexibility index (Phi) is 3.96. The minimum absolute atomic E-state index is 0.164.